The minimum atomic E-state index is 0. The zero-order valence-corrected chi connectivity index (χ0v) is 8.48. The Morgan fingerprint density at radius 1 is 1.15 bits per heavy atom. The Morgan fingerprint density at radius 3 is 2.46 bits per heavy atom. The van der Waals surface area contributed by atoms with Crippen LogP contribution in [0.25, 0.3) is 0 Å². The molecule has 0 fully saturated rings. The molecule has 0 nitrogen and oxygen atoms in total. The molecule has 0 unspecified atom stereocenters. The quantitative estimate of drug-likeness (QED) is 0.435. The van der Waals surface area contributed by atoms with Crippen molar-refractivity contribution in [1.29, 1.82) is 0 Å². The molecule has 0 saturated carbocycles. The second-order valence-corrected chi connectivity index (χ2v) is 3.57. The minimum absolute atomic E-state index is 0. The Hall–Kier alpha value is 0.570. The molecule has 1 aromatic rings. The zero-order valence-electron chi connectivity index (χ0n) is 7.59. The van der Waals surface area contributed by atoms with Crippen molar-refractivity contribution in [3.63, 3.8) is 0 Å². The number of aryl methyl sites for hydroxylation is 1. The normalized spacial score (nSPS) is 9.38. The molecule has 13 heavy (non-hydrogen) atoms. The third-order valence-electron chi connectivity index (χ3n) is 2.04. The van der Waals surface area contributed by atoms with Crippen LogP contribution in [0.5, 0.6) is 0 Å². The number of benzene rings is 1. The molecule has 1 aromatic carbocycles. The summed E-state index contributed by atoms with van der Waals surface area (Å²) in [5.41, 5.74) is 1.38. The summed E-state index contributed by atoms with van der Waals surface area (Å²) >= 11 is 4.40. The summed E-state index contributed by atoms with van der Waals surface area (Å²) in [5.74, 6) is 0. The molecule has 0 aliphatic heterocycles. The van der Waals surface area contributed by atoms with Crippen molar-refractivity contribution in [2.75, 3.05) is 0 Å². The molecule has 68 valence electrons. The third kappa shape index (κ3) is 5.11. The van der Waals surface area contributed by atoms with Gasteiger partial charge in [-0.2, -0.15) is 0 Å². The Labute approximate surface area is 109 Å². The Kier molecular flexibility index (Phi) is 8.27. The predicted molar refractivity (Wildman–Crippen MR) is 64.1 cm³/mol. The summed E-state index contributed by atoms with van der Waals surface area (Å²) < 4.78 is 0. The van der Waals surface area contributed by atoms with Crippen molar-refractivity contribution in [3.05, 3.63) is 29.8 Å². The number of rotatable bonds is 4. The van der Waals surface area contributed by atoms with Crippen LogP contribution < -0.4 is 0 Å². The van der Waals surface area contributed by atoms with Crippen LogP contribution in [0.15, 0.2) is 29.2 Å². The molecular weight excluding hydrogens is 187 g/mol. The molecule has 0 bridgehead atoms. The summed E-state index contributed by atoms with van der Waals surface area (Å²) in [4.78, 5) is 1.13. The van der Waals surface area contributed by atoms with E-state index in [9.17, 15) is 0 Å². The van der Waals surface area contributed by atoms with Crippen molar-refractivity contribution in [1.82, 2.24) is 0 Å². The van der Waals surface area contributed by atoms with Crippen LogP contribution in [-0.4, -0.2) is 29.6 Å². The summed E-state index contributed by atoms with van der Waals surface area (Å²) in [6, 6.07) is 8.34. The van der Waals surface area contributed by atoms with Gasteiger partial charge in [-0.15, -0.1) is 12.6 Å². The van der Waals surface area contributed by atoms with E-state index in [2.05, 4.69) is 37.8 Å². The van der Waals surface area contributed by atoms with Crippen LogP contribution in [0, 0.1) is 0 Å². The second-order valence-electron chi connectivity index (χ2n) is 3.09. The van der Waals surface area contributed by atoms with Crippen molar-refractivity contribution in [2.45, 2.75) is 37.5 Å². The van der Waals surface area contributed by atoms with Gasteiger partial charge in [0.2, 0.25) is 0 Å². The van der Waals surface area contributed by atoms with Crippen LogP contribution in [0.4, 0.5) is 0 Å². The molecule has 0 aliphatic rings. The summed E-state index contributed by atoms with van der Waals surface area (Å²) in [5, 5.41) is 0. The summed E-state index contributed by atoms with van der Waals surface area (Å²) in [7, 11) is 0. The molecule has 0 heterocycles. The first-order valence-corrected chi connectivity index (χ1v) is 5.06. The van der Waals surface area contributed by atoms with Crippen molar-refractivity contribution >= 4 is 42.2 Å². The van der Waals surface area contributed by atoms with Gasteiger partial charge in [-0.3, -0.25) is 0 Å². The molecule has 2 heteroatoms. The van der Waals surface area contributed by atoms with Gasteiger partial charge in [-0.05, 0) is 24.5 Å². The average Bonchev–Trinajstić information content (AvgIpc) is 2.09. The maximum absolute atomic E-state index is 4.40. The molecule has 0 amide bonds. The molecule has 0 spiro atoms. The molecular formula is C11H17NaS. The predicted octanol–water partition coefficient (Wildman–Crippen LogP) is 3.06. The van der Waals surface area contributed by atoms with E-state index >= 15 is 0 Å². The van der Waals surface area contributed by atoms with E-state index in [1.54, 1.807) is 0 Å². The molecule has 1 rings (SSSR count). The topological polar surface area (TPSA) is 0 Å². The van der Waals surface area contributed by atoms with Crippen molar-refractivity contribution < 1.29 is 0 Å². The zero-order chi connectivity index (χ0) is 8.81. The maximum atomic E-state index is 4.40. The molecule has 0 saturated heterocycles. The van der Waals surface area contributed by atoms with E-state index in [4.69, 9.17) is 0 Å². The molecule has 0 N–H and O–H groups in total. The van der Waals surface area contributed by atoms with E-state index in [1.807, 2.05) is 6.07 Å². The number of hydrogen-bond donors (Lipinski definition) is 1. The summed E-state index contributed by atoms with van der Waals surface area (Å²) in [6.07, 6.45) is 5.07. The van der Waals surface area contributed by atoms with Crippen molar-refractivity contribution in [3.8, 4) is 0 Å². The molecule has 0 aliphatic carbocycles. The van der Waals surface area contributed by atoms with E-state index in [0.717, 1.165) is 4.90 Å². The number of hydrogen-bond acceptors (Lipinski definition) is 1. The van der Waals surface area contributed by atoms with Gasteiger partial charge < -0.3 is 0 Å². The van der Waals surface area contributed by atoms with Gasteiger partial charge in [0, 0.05) is 4.90 Å². The van der Waals surface area contributed by atoms with Crippen LogP contribution in [-0.2, 0) is 6.42 Å². The number of thiol groups is 1. The third-order valence-corrected chi connectivity index (χ3v) is 2.48. The van der Waals surface area contributed by atoms with Crippen LogP contribution >= 0.6 is 12.6 Å². The fourth-order valence-corrected chi connectivity index (χ4v) is 1.56. The van der Waals surface area contributed by atoms with Crippen LogP contribution in [0.3, 0.4) is 0 Å². The van der Waals surface area contributed by atoms with E-state index in [0.29, 0.717) is 0 Å². The van der Waals surface area contributed by atoms with Crippen LogP contribution in [0.2, 0.25) is 0 Å². The van der Waals surface area contributed by atoms with Gasteiger partial charge in [-0.25, -0.2) is 0 Å². The average molecular weight is 204 g/mol. The molecule has 0 atom stereocenters. The SMILES string of the molecule is CCCCCc1ccccc1S.[NaH]. The van der Waals surface area contributed by atoms with Crippen molar-refractivity contribution in [2.24, 2.45) is 0 Å². The van der Waals surface area contributed by atoms with E-state index in [-0.39, 0.29) is 29.6 Å². The Morgan fingerprint density at radius 2 is 1.85 bits per heavy atom. The first-order chi connectivity index (χ1) is 5.84. The first kappa shape index (κ1) is 13.6. The fourth-order valence-electron chi connectivity index (χ4n) is 1.29. The van der Waals surface area contributed by atoms with Gasteiger partial charge in [0.25, 0.3) is 0 Å². The Bertz CT molecular complexity index is 235. The monoisotopic (exact) mass is 204 g/mol. The van der Waals surface area contributed by atoms with Gasteiger partial charge in [0.05, 0.1) is 0 Å². The number of unbranched alkanes of at least 4 members (excludes halogenated alkanes) is 2. The van der Waals surface area contributed by atoms with E-state index in [1.165, 1.54) is 31.2 Å². The van der Waals surface area contributed by atoms with Gasteiger partial charge in [0.1, 0.15) is 0 Å². The standard InChI is InChI=1S/C11H16S.Na.H/c1-2-3-4-7-10-8-5-6-9-11(10)12;;/h5-6,8-9,12H,2-4,7H2,1H3;;. The fraction of sp³-hybridized carbons (Fsp3) is 0.455. The van der Waals surface area contributed by atoms with Crippen LogP contribution in [0.1, 0.15) is 31.7 Å². The van der Waals surface area contributed by atoms with E-state index < -0.39 is 0 Å². The molecule has 0 radical (unpaired) electrons. The Balaban J connectivity index is 0.00000144. The molecule has 0 aromatic heterocycles. The van der Waals surface area contributed by atoms with Gasteiger partial charge >= 0.3 is 29.6 Å². The summed E-state index contributed by atoms with van der Waals surface area (Å²) in [6.45, 7) is 2.23. The first-order valence-electron chi connectivity index (χ1n) is 4.61. The van der Waals surface area contributed by atoms with Gasteiger partial charge in [0.15, 0.2) is 0 Å². The second kappa shape index (κ2) is 7.93. The van der Waals surface area contributed by atoms with Gasteiger partial charge in [-0.1, -0.05) is 38.0 Å².